The van der Waals surface area contributed by atoms with Gasteiger partial charge in [-0.1, -0.05) is 0 Å². The van der Waals surface area contributed by atoms with Crippen molar-refractivity contribution in [2.75, 3.05) is 24.5 Å². The maximum atomic E-state index is 13.5. The van der Waals surface area contributed by atoms with E-state index in [2.05, 4.69) is 0 Å². The Labute approximate surface area is 111 Å². The molecule has 0 aromatic heterocycles. The van der Waals surface area contributed by atoms with Gasteiger partial charge in [0.25, 0.3) is 5.69 Å². The summed E-state index contributed by atoms with van der Waals surface area (Å²) < 4.78 is 13.5. The highest BCUT2D eigenvalue weighted by atomic mass is 19.1. The van der Waals surface area contributed by atoms with E-state index in [-0.39, 0.29) is 5.69 Å². The highest BCUT2D eigenvalue weighted by Gasteiger charge is 2.26. The van der Waals surface area contributed by atoms with E-state index in [9.17, 15) is 14.5 Å². The normalized spacial score (nSPS) is 19.5. The van der Waals surface area contributed by atoms with Gasteiger partial charge < -0.3 is 10.6 Å². The Morgan fingerprint density at radius 3 is 2.95 bits per heavy atom. The van der Waals surface area contributed by atoms with Crippen LogP contribution in [-0.2, 0) is 0 Å². The minimum Gasteiger partial charge on any atom is -0.366 e. The van der Waals surface area contributed by atoms with Crippen LogP contribution in [0.25, 0.3) is 0 Å². The van der Waals surface area contributed by atoms with Crippen molar-refractivity contribution in [3.05, 3.63) is 33.6 Å². The monoisotopic (exact) mass is 267 g/mol. The summed E-state index contributed by atoms with van der Waals surface area (Å²) in [4.78, 5) is 12.5. The first-order valence-electron chi connectivity index (χ1n) is 6.42. The van der Waals surface area contributed by atoms with Crippen LogP contribution >= 0.6 is 0 Å². The molecule has 1 aromatic carbocycles. The van der Waals surface area contributed by atoms with Crippen molar-refractivity contribution in [2.24, 2.45) is 11.7 Å². The Kier molecular flexibility index (Phi) is 3.99. The van der Waals surface area contributed by atoms with Crippen LogP contribution in [0.4, 0.5) is 15.8 Å². The summed E-state index contributed by atoms with van der Waals surface area (Å²) in [5.74, 6) is -0.193. The molecule has 0 amide bonds. The fourth-order valence-corrected chi connectivity index (χ4v) is 2.53. The fourth-order valence-electron chi connectivity index (χ4n) is 2.53. The number of halogens is 1. The second-order valence-corrected chi connectivity index (χ2v) is 5.04. The predicted octanol–water partition coefficient (Wildman–Crippen LogP) is 2.22. The molecule has 1 aliphatic rings. The van der Waals surface area contributed by atoms with Crippen molar-refractivity contribution in [1.29, 1.82) is 0 Å². The van der Waals surface area contributed by atoms with Gasteiger partial charge in [0.15, 0.2) is 0 Å². The van der Waals surface area contributed by atoms with E-state index in [1.807, 2.05) is 4.90 Å². The first-order chi connectivity index (χ1) is 9.02. The van der Waals surface area contributed by atoms with Gasteiger partial charge in [-0.05, 0) is 43.9 Å². The molecule has 1 aromatic rings. The summed E-state index contributed by atoms with van der Waals surface area (Å²) in [7, 11) is 0. The number of anilines is 1. The molecule has 19 heavy (non-hydrogen) atoms. The SMILES string of the molecule is Cc1cc(N2CCCC(CN)C2)c([N+](=O)[O-])cc1F. The lowest BCUT2D eigenvalue weighted by atomic mass is 9.97. The quantitative estimate of drug-likeness (QED) is 0.673. The zero-order chi connectivity index (χ0) is 14.0. The zero-order valence-electron chi connectivity index (χ0n) is 10.9. The number of nitrogens with zero attached hydrogens (tertiary/aromatic N) is 2. The smallest absolute Gasteiger partial charge is 0.295 e. The zero-order valence-corrected chi connectivity index (χ0v) is 10.9. The van der Waals surface area contributed by atoms with E-state index in [0.717, 1.165) is 25.5 Å². The summed E-state index contributed by atoms with van der Waals surface area (Å²) in [6.45, 7) is 3.64. The molecule has 1 aliphatic heterocycles. The Balaban J connectivity index is 2.37. The van der Waals surface area contributed by atoms with Crippen LogP contribution in [-0.4, -0.2) is 24.6 Å². The number of rotatable bonds is 3. The van der Waals surface area contributed by atoms with Gasteiger partial charge >= 0.3 is 0 Å². The molecule has 1 fully saturated rings. The summed E-state index contributed by atoms with van der Waals surface area (Å²) in [6, 6.07) is 2.57. The molecule has 0 spiro atoms. The van der Waals surface area contributed by atoms with Crippen molar-refractivity contribution in [3.63, 3.8) is 0 Å². The Bertz CT molecular complexity index is 493. The number of nitro groups is 1. The molecule has 1 saturated heterocycles. The van der Waals surface area contributed by atoms with E-state index < -0.39 is 10.7 Å². The van der Waals surface area contributed by atoms with E-state index in [1.54, 1.807) is 13.0 Å². The molecule has 2 rings (SSSR count). The molecule has 0 aliphatic carbocycles. The summed E-state index contributed by atoms with van der Waals surface area (Å²) in [6.07, 6.45) is 2.00. The molecular formula is C13H18FN3O2. The van der Waals surface area contributed by atoms with Crippen LogP contribution in [0.3, 0.4) is 0 Å². The Morgan fingerprint density at radius 1 is 1.58 bits per heavy atom. The number of nitrogens with two attached hydrogens (primary N) is 1. The third-order valence-corrected chi connectivity index (χ3v) is 3.65. The largest absolute Gasteiger partial charge is 0.366 e. The summed E-state index contributed by atoms with van der Waals surface area (Å²) in [5.41, 5.74) is 6.44. The number of nitro benzene ring substituents is 1. The average Bonchev–Trinajstić information content (AvgIpc) is 2.41. The van der Waals surface area contributed by atoms with Crippen molar-refractivity contribution in [1.82, 2.24) is 0 Å². The first-order valence-corrected chi connectivity index (χ1v) is 6.42. The van der Waals surface area contributed by atoms with Gasteiger partial charge in [0.2, 0.25) is 0 Å². The molecule has 5 nitrogen and oxygen atoms in total. The fraction of sp³-hybridized carbons (Fsp3) is 0.538. The molecule has 6 heteroatoms. The van der Waals surface area contributed by atoms with Gasteiger partial charge in [-0.2, -0.15) is 0 Å². The van der Waals surface area contributed by atoms with Crippen molar-refractivity contribution >= 4 is 11.4 Å². The molecule has 1 unspecified atom stereocenters. The molecule has 1 atom stereocenters. The van der Waals surface area contributed by atoms with E-state index in [0.29, 0.717) is 30.3 Å². The standard InChI is InChI=1S/C13H18FN3O2/c1-9-5-12(13(17(18)19)6-11(9)14)16-4-2-3-10(7-15)8-16/h5-6,10H,2-4,7-8,15H2,1H3. The predicted molar refractivity (Wildman–Crippen MR) is 71.8 cm³/mol. The van der Waals surface area contributed by atoms with Crippen LogP contribution in [0.2, 0.25) is 0 Å². The van der Waals surface area contributed by atoms with E-state index >= 15 is 0 Å². The van der Waals surface area contributed by atoms with Crippen LogP contribution in [0.1, 0.15) is 18.4 Å². The lowest BCUT2D eigenvalue weighted by Gasteiger charge is -2.33. The highest BCUT2D eigenvalue weighted by Crippen LogP contribution is 2.33. The third-order valence-electron chi connectivity index (χ3n) is 3.65. The average molecular weight is 267 g/mol. The second-order valence-electron chi connectivity index (χ2n) is 5.04. The minimum absolute atomic E-state index is 0.166. The first kappa shape index (κ1) is 13.7. The second kappa shape index (κ2) is 5.52. The van der Waals surface area contributed by atoms with Crippen LogP contribution < -0.4 is 10.6 Å². The molecular weight excluding hydrogens is 249 g/mol. The third kappa shape index (κ3) is 2.84. The molecule has 2 N–H and O–H groups in total. The Hall–Kier alpha value is -1.69. The number of benzene rings is 1. The number of hydrogen-bond acceptors (Lipinski definition) is 4. The Morgan fingerprint density at radius 2 is 2.32 bits per heavy atom. The van der Waals surface area contributed by atoms with Gasteiger partial charge in [-0.25, -0.2) is 4.39 Å². The molecule has 0 bridgehead atoms. The lowest BCUT2D eigenvalue weighted by molar-refractivity contribution is -0.384. The van der Waals surface area contributed by atoms with Crippen molar-refractivity contribution in [3.8, 4) is 0 Å². The maximum Gasteiger partial charge on any atom is 0.295 e. The van der Waals surface area contributed by atoms with E-state index in [1.165, 1.54) is 0 Å². The van der Waals surface area contributed by atoms with Gasteiger partial charge in [0, 0.05) is 13.1 Å². The van der Waals surface area contributed by atoms with Gasteiger partial charge in [0.05, 0.1) is 11.0 Å². The molecule has 0 saturated carbocycles. The van der Waals surface area contributed by atoms with E-state index in [4.69, 9.17) is 5.73 Å². The molecule has 104 valence electrons. The lowest BCUT2D eigenvalue weighted by Crippen LogP contribution is -2.38. The van der Waals surface area contributed by atoms with Crippen LogP contribution in [0, 0.1) is 28.8 Å². The van der Waals surface area contributed by atoms with Gasteiger partial charge in [-0.3, -0.25) is 10.1 Å². The van der Waals surface area contributed by atoms with Crippen molar-refractivity contribution in [2.45, 2.75) is 19.8 Å². The van der Waals surface area contributed by atoms with Crippen LogP contribution in [0.5, 0.6) is 0 Å². The number of hydrogen-bond donors (Lipinski definition) is 1. The van der Waals surface area contributed by atoms with Gasteiger partial charge in [-0.15, -0.1) is 0 Å². The molecule has 1 heterocycles. The van der Waals surface area contributed by atoms with Gasteiger partial charge in [0.1, 0.15) is 11.5 Å². The maximum absolute atomic E-state index is 13.5. The topological polar surface area (TPSA) is 72.4 Å². The van der Waals surface area contributed by atoms with Crippen LogP contribution in [0.15, 0.2) is 12.1 Å². The van der Waals surface area contributed by atoms with Crippen molar-refractivity contribution < 1.29 is 9.31 Å². The minimum atomic E-state index is -0.539. The summed E-state index contributed by atoms with van der Waals surface area (Å²) >= 11 is 0. The highest BCUT2D eigenvalue weighted by molar-refractivity contribution is 5.65. The summed E-state index contributed by atoms with van der Waals surface area (Å²) in [5, 5.41) is 11.1. The number of aryl methyl sites for hydroxylation is 1. The molecule has 0 radical (unpaired) electrons. The number of piperidine rings is 1.